The van der Waals surface area contributed by atoms with E-state index < -0.39 is 34.9 Å². The molecule has 5 N–H and O–H groups in total. The van der Waals surface area contributed by atoms with Crippen LogP contribution in [0.4, 0.5) is 0 Å². The van der Waals surface area contributed by atoms with Crippen molar-refractivity contribution in [1.82, 2.24) is 10.6 Å². The van der Waals surface area contributed by atoms with Crippen LogP contribution >= 0.6 is 0 Å². The van der Waals surface area contributed by atoms with Gasteiger partial charge in [-0.3, -0.25) is 14.4 Å². The number of hydrogen-bond donors (Lipinski definition) is 4. The first kappa shape index (κ1) is 18.1. The van der Waals surface area contributed by atoms with Crippen molar-refractivity contribution in [3.8, 4) is 0 Å². The highest BCUT2D eigenvalue weighted by atomic mass is 16.4. The van der Waals surface area contributed by atoms with Crippen LogP contribution in [0.3, 0.4) is 0 Å². The Kier molecular flexibility index (Phi) is 5.90. The van der Waals surface area contributed by atoms with Gasteiger partial charge in [-0.15, -0.1) is 0 Å². The molecule has 0 aliphatic heterocycles. The van der Waals surface area contributed by atoms with Gasteiger partial charge in [0.2, 0.25) is 11.8 Å². The molecule has 0 radical (unpaired) electrons. The fourth-order valence-corrected chi connectivity index (χ4v) is 1.57. The first-order valence-electron chi connectivity index (χ1n) is 6.17. The van der Waals surface area contributed by atoms with Crippen LogP contribution in [-0.2, 0) is 14.4 Å². The van der Waals surface area contributed by atoms with Gasteiger partial charge < -0.3 is 21.5 Å². The third kappa shape index (κ3) is 5.83. The highest BCUT2D eigenvalue weighted by Gasteiger charge is 2.34. The van der Waals surface area contributed by atoms with Crippen molar-refractivity contribution in [2.45, 2.75) is 51.2 Å². The number of carboxylic acid groups (broad SMARTS) is 1. The average Bonchev–Trinajstić information content (AvgIpc) is 2.26. The number of hydrogen-bond acceptors (Lipinski definition) is 4. The van der Waals surface area contributed by atoms with Crippen molar-refractivity contribution in [3.05, 3.63) is 12.7 Å². The van der Waals surface area contributed by atoms with E-state index in [1.807, 2.05) is 0 Å². The second-order valence-electron chi connectivity index (χ2n) is 5.81. The summed E-state index contributed by atoms with van der Waals surface area (Å²) in [6.07, 6.45) is 1.14. The van der Waals surface area contributed by atoms with Crippen LogP contribution in [0.25, 0.3) is 0 Å². The van der Waals surface area contributed by atoms with E-state index in [0.29, 0.717) is 0 Å². The molecule has 1 unspecified atom stereocenters. The topological polar surface area (TPSA) is 122 Å². The maximum atomic E-state index is 12.1. The summed E-state index contributed by atoms with van der Waals surface area (Å²) in [4.78, 5) is 34.1. The molecule has 7 nitrogen and oxygen atoms in total. The fourth-order valence-electron chi connectivity index (χ4n) is 1.57. The zero-order valence-corrected chi connectivity index (χ0v) is 12.3. The van der Waals surface area contributed by atoms with Crippen LogP contribution < -0.4 is 16.4 Å². The molecule has 0 aliphatic rings. The lowest BCUT2D eigenvalue weighted by Crippen LogP contribution is -2.60. The van der Waals surface area contributed by atoms with Gasteiger partial charge in [0, 0.05) is 5.54 Å². The molecule has 0 fully saturated rings. The lowest BCUT2D eigenvalue weighted by molar-refractivity contribution is -0.139. The number of amides is 2. The molecule has 7 heteroatoms. The third-order valence-corrected chi connectivity index (χ3v) is 2.69. The van der Waals surface area contributed by atoms with Gasteiger partial charge in [0.05, 0.1) is 0 Å². The largest absolute Gasteiger partial charge is 0.480 e. The van der Waals surface area contributed by atoms with E-state index in [1.54, 1.807) is 13.8 Å². The highest BCUT2D eigenvalue weighted by molar-refractivity contribution is 5.94. The summed E-state index contributed by atoms with van der Waals surface area (Å²) in [5, 5.41) is 14.0. The second kappa shape index (κ2) is 6.51. The van der Waals surface area contributed by atoms with Crippen LogP contribution in [0.1, 0.15) is 34.1 Å². The number of carbonyl (C=O) groups excluding carboxylic acids is 2. The van der Waals surface area contributed by atoms with Gasteiger partial charge in [-0.25, -0.2) is 0 Å². The van der Waals surface area contributed by atoms with Crippen LogP contribution in [0.15, 0.2) is 12.7 Å². The minimum atomic E-state index is -1.14. The molecule has 0 rings (SSSR count). The first-order chi connectivity index (χ1) is 8.91. The number of rotatable bonds is 7. The second-order valence-corrected chi connectivity index (χ2v) is 5.81. The van der Waals surface area contributed by atoms with Gasteiger partial charge in [-0.05, 0) is 40.2 Å². The molecule has 2 amide bonds. The molecule has 114 valence electrons. The van der Waals surface area contributed by atoms with Gasteiger partial charge in [-0.2, -0.15) is 0 Å². The summed E-state index contributed by atoms with van der Waals surface area (Å²) >= 11 is 0. The van der Waals surface area contributed by atoms with Crippen molar-refractivity contribution in [3.63, 3.8) is 0 Å². The number of carbonyl (C=O) groups is 3. The summed E-state index contributed by atoms with van der Waals surface area (Å²) in [7, 11) is 0. The zero-order valence-electron chi connectivity index (χ0n) is 12.3. The number of nitrogens with two attached hydrogens (primary N) is 1. The summed E-state index contributed by atoms with van der Waals surface area (Å²) in [5.41, 5.74) is 3.50. The third-order valence-electron chi connectivity index (χ3n) is 2.69. The standard InChI is InChI=1S/C13H23N3O4/c1-6-9(17)15-13(4,5)11(20)16-12(2,3)7-8(14)10(18)19/h6,8H,1,7,14H2,2-5H3,(H,15,17)(H,16,20)(H,18,19). The van der Waals surface area contributed by atoms with E-state index in [9.17, 15) is 14.4 Å². The highest BCUT2D eigenvalue weighted by Crippen LogP contribution is 2.13. The van der Waals surface area contributed by atoms with E-state index in [2.05, 4.69) is 17.2 Å². The van der Waals surface area contributed by atoms with Crippen LogP contribution in [0.5, 0.6) is 0 Å². The quantitative estimate of drug-likeness (QED) is 0.481. The maximum Gasteiger partial charge on any atom is 0.320 e. The summed E-state index contributed by atoms with van der Waals surface area (Å²) in [6, 6.07) is -1.07. The molecule has 0 heterocycles. The molecule has 20 heavy (non-hydrogen) atoms. The molecule has 0 spiro atoms. The van der Waals surface area contributed by atoms with Crippen molar-refractivity contribution < 1.29 is 19.5 Å². The predicted octanol–water partition coefficient (Wildman–Crippen LogP) is -0.236. The maximum absolute atomic E-state index is 12.1. The molecule has 0 saturated heterocycles. The predicted molar refractivity (Wildman–Crippen MR) is 74.9 cm³/mol. The fraction of sp³-hybridized carbons (Fsp3) is 0.615. The number of carboxylic acids is 1. The van der Waals surface area contributed by atoms with Gasteiger partial charge in [0.25, 0.3) is 0 Å². The molecular weight excluding hydrogens is 262 g/mol. The smallest absolute Gasteiger partial charge is 0.320 e. The van der Waals surface area contributed by atoms with Gasteiger partial charge in [-0.1, -0.05) is 6.58 Å². The molecule has 0 aromatic rings. The van der Waals surface area contributed by atoms with Crippen molar-refractivity contribution >= 4 is 17.8 Å². The Morgan fingerprint density at radius 3 is 2.15 bits per heavy atom. The first-order valence-corrected chi connectivity index (χ1v) is 6.17. The van der Waals surface area contributed by atoms with E-state index >= 15 is 0 Å². The van der Waals surface area contributed by atoms with Crippen molar-refractivity contribution in [2.24, 2.45) is 5.73 Å². The van der Waals surface area contributed by atoms with E-state index in [4.69, 9.17) is 10.8 Å². The number of nitrogens with one attached hydrogen (secondary N) is 2. The summed E-state index contributed by atoms with van der Waals surface area (Å²) in [5.74, 6) is -2.04. The Balaban J connectivity index is 4.75. The lowest BCUT2D eigenvalue weighted by Gasteiger charge is -2.33. The molecular formula is C13H23N3O4. The SMILES string of the molecule is C=CC(=O)NC(C)(C)C(=O)NC(C)(C)CC(N)C(=O)O. The van der Waals surface area contributed by atoms with E-state index in [-0.39, 0.29) is 6.42 Å². The minimum Gasteiger partial charge on any atom is -0.480 e. The van der Waals surface area contributed by atoms with Crippen LogP contribution in [0.2, 0.25) is 0 Å². The lowest BCUT2D eigenvalue weighted by atomic mass is 9.93. The summed E-state index contributed by atoms with van der Waals surface area (Å²) in [6.45, 7) is 9.72. The molecule has 0 aliphatic carbocycles. The normalized spacial score (nSPS) is 13.2. The average molecular weight is 285 g/mol. The molecule has 0 bridgehead atoms. The van der Waals surface area contributed by atoms with E-state index in [0.717, 1.165) is 6.08 Å². The van der Waals surface area contributed by atoms with Gasteiger partial charge in [0.1, 0.15) is 11.6 Å². The number of aliphatic carboxylic acids is 1. The van der Waals surface area contributed by atoms with Crippen LogP contribution in [-0.4, -0.2) is 40.0 Å². The van der Waals surface area contributed by atoms with Gasteiger partial charge in [0.15, 0.2) is 0 Å². The molecule has 0 saturated carbocycles. The van der Waals surface area contributed by atoms with Crippen molar-refractivity contribution in [2.75, 3.05) is 0 Å². The minimum absolute atomic E-state index is 0.0690. The Morgan fingerprint density at radius 1 is 1.25 bits per heavy atom. The van der Waals surface area contributed by atoms with E-state index in [1.165, 1.54) is 13.8 Å². The zero-order chi connectivity index (χ0) is 16.1. The Labute approximate surface area is 118 Å². The van der Waals surface area contributed by atoms with Crippen molar-refractivity contribution in [1.29, 1.82) is 0 Å². The van der Waals surface area contributed by atoms with Crippen LogP contribution in [0, 0.1) is 0 Å². The Morgan fingerprint density at radius 2 is 1.75 bits per heavy atom. The Hall–Kier alpha value is -1.89. The Bertz CT molecular complexity index is 416. The monoisotopic (exact) mass is 285 g/mol. The summed E-state index contributed by atoms with van der Waals surface area (Å²) < 4.78 is 0. The molecule has 0 aromatic heterocycles. The molecule has 0 aromatic carbocycles. The van der Waals surface area contributed by atoms with Gasteiger partial charge >= 0.3 is 5.97 Å². The molecule has 1 atom stereocenters.